The number of aliphatic hydroxyl groups is 1. The van der Waals surface area contributed by atoms with Gasteiger partial charge >= 0.3 is 5.97 Å². The van der Waals surface area contributed by atoms with Gasteiger partial charge in [-0.2, -0.15) is 5.10 Å². The van der Waals surface area contributed by atoms with Crippen LogP contribution in [0.3, 0.4) is 0 Å². The average molecular weight is 771 g/mol. The molecule has 3 fully saturated rings. The second-order valence-corrected chi connectivity index (χ2v) is 16.3. The number of carboxylic acid groups (broad SMARTS) is 1. The van der Waals surface area contributed by atoms with E-state index in [1.807, 2.05) is 50.3 Å². The first-order valence-electron chi connectivity index (χ1n) is 18.1. The standard InChI is InChI=1S/C40H39ClN4O8S/c1-20-26-17-22(41)8-13-30(26)54-35(20)29-19-31(43(3)42-29)45-37(50)28-18-27-24(11-12-25-33(27)38(51)44(36(25)49)14-4-5-32(47)48)34(40(28,2)39(45)52)21-6-9-23(10-7-21)53-16-15-46/h6-11,13,17,19,25,27-28,33-34,46H,4-5,12,14-16,18H2,1-3H3,(H,47,48). The summed E-state index contributed by atoms with van der Waals surface area (Å²) in [5.74, 6) is -4.86. The molecular weight excluding hydrogens is 732 g/mol. The number of imide groups is 2. The van der Waals surface area contributed by atoms with E-state index >= 15 is 4.79 Å². The van der Waals surface area contributed by atoms with Gasteiger partial charge in [-0.3, -0.25) is 33.6 Å². The Labute approximate surface area is 319 Å². The van der Waals surface area contributed by atoms with Crippen molar-refractivity contribution >= 4 is 68.4 Å². The van der Waals surface area contributed by atoms with Crippen molar-refractivity contribution in [1.82, 2.24) is 14.7 Å². The Kier molecular flexibility index (Phi) is 9.01. The molecule has 2 aliphatic carbocycles. The second kappa shape index (κ2) is 13.5. The molecule has 54 heavy (non-hydrogen) atoms. The maximum atomic E-state index is 15.0. The normalized spacial score (nSPS) is 26.3. The Morgan fingerprint density at radius 3 is 2.54 bits per heavy atom. The molecule has 2 aromatic heterocycles. The third-order valence-corrected chi connectivity index (χ3v) is 13.5. The number of fused-ring (bicyclic) bond motifs is 5. The van der Waals surface area contributed by atoms with E-state index in [4.69, 9.17) is 21.4 Å². The molecular formula is C40H39ClN4O8S. The number of aliphatic hydroxyl groups excluding tert-OH is 1. The zero-order valence-electron chi connectivity index (χ0n) is 30.0. The van der Waals surface area contributed by atoms with Crippen LogP contribution in [0.4, 0.5) is 5.82 Å². The van der Waals surface area contributed by atoms with Crippen LogP contribution in [-0.2, 0) is 31.0 Å². The summed E-state index contributed by atoms with van der Waals surface area (Å²) >= 11 is 7.86. The molecule has 6 atom stereocenters. The van der Waals surface area contributed by atoms with E-state index in [2.05, 4.69) is 0 Å². The van der Waals surface area contributed by atoms with E-state index in [-0.39, 0.29) is 62.6 Å². The lowest BCUT2D eigenvalue weighted by atomic mass is 9.51. The molecule has 2 saturated heterocycles. The van der Waals surface area contributed by atoms with Gasteiger partial charge in [0.2, 0.25) is 23.6 Å². The van der Waals surface area contributed by atoms with E-state index in [0.29, 0.717) is 28.7 Å². The van der Waals surface area contributed by atoms with Gasteiger partial charge in [-0.05, 0) is 85.9 Å². The number of carbonyl (C=O) groups is 5. The summed E-state index contributed by atoms with van der Waals surface area (Å²) in [7, 11) is 1.71. The Bertz CT molecular complexity index is 2280. The summed E-state index contributed by atoms with van der Waals surface area (Å²) < 4.78 is 8.22. The predicted molar refractivity (Wildman–Crippen MR) is 201 cm³/mol. The molecule has 0 spiro atoms. The first-order valence-corrected chi connectivity index (χ1v) is 19.3. The van der Waals surface area contributed by atoms with Crippen LogP contribution >= 0.6 is 22.9 Å². The lowest BCUT2D eigenvalue weighted by Gasteiger charge is -2.49. The molecule has 4 amide bonds. The highest BCUT2D eigenvalue weighted by atomic mass is 35.5. The molecule has 4 heterocycles. The molecule has 4 aliphatic rings. The minimum atomic E-state index is -1.25. The number of amides is 4. The second-order valence-electron chi connectivity index (χ2n) is 14.8. The maximum Gasteiger partial charge on any atom is 0.303 e. The Morgan fingerprint density at radius 2 is 1.81 bits per heavy atom. The van der Waals surface area contributed by atoms with E-state index in [9.17, 15) is 29.4 Å². The number of halogens is 1. The number of thiophene rings is 1. The number of hydrogen-bond donors (Lipinski definition) is 2. The summed E-state index contributed by atoms with van der Waals surface area (Å²) in [5, 5.41) is 24.9. The number of rotatable bonds is 10. The number of nitrogens with zero attached hydrogens (tertiary/aromatic N) is 4. The number of anilines is 1. The molecule has 280 valence electrons. The van der Waals surface area contributed by atoms with Gasteiger partial charge in [0, 0.05) is 41.7 Å². The number of aromatic nitrogens is 2. The maximum absolute atomic E-state index is 15.0. The molecule has 2 aliphatic heterocycles. The third kappa shape index (κ3) is 5.50. The van der Waals surface area contributed by atoms with Crippen LogP contribution in [0.25, 0.3) is 20.7 Å². The van der Waals surface area contributed by atoms with E-state index in [0.717, 1.165) is 31.7 Å². The summed E-state index contributed by atoms with van der Waals surface area (Å²) in [4.78, 5) is 72.1. The fourth-order valence-electron chi connectivity index (χ4n) is 9.42. The summed E-state index contributed by atoms with van der Waals surface area (Å²) in [6.45, 7) is 3.80. The van der Waals surface area contributed by atoms with Crippen molar-refractivity contribution < 1.29 is 38.9 Å². The Morgan fingerprint density at radius 1 is 1.06 bits per heavy atom. The molecule has 1 saturated carbocycles. The molecule has 4 aromatic rings. The molecule has 14 heteroatoms. The van der Waals surface area contributed by atoms with Crippen molar-refractivity contribution in [3.63, 3.8) is 0 Å². The number of hydrogen-bond acceptors (Lipinski definition) is 9. The van der Waals surface area contributed by atoms with Crippen LogP contribution in [0.5, 0.6) is 5.75 Å². The van der Waals surface area contributed by atoms with Crippen LogP contribution in [0.15, 0.2) is 60.2 Å². The minimum absolute atomic E-state index is 0.0131. The van der Waals surface area contributed by atoms with Crippen LogP contribution in [-0.4, -0.2) is 74.2 Å². The number of ether oxygens (including phenoxy) is 1. The lowest BCUT2D eigenvalue weighted by Crippen LogP contribution is -2.48. The first-order chi connectivity index (χ1) is 25.8. The summed E-state index contributed by atoms with van der Waals surface area (Å²) in [5.41, 5.74) is 1.97. The van der Waals surface area contributed by atoms with Crippen LogP contribution in [0.2, 0.25) is 5.02 Å². The molecule has 2 aromatic carbocycles. The van der Waals surface area contributed by atoms with Gasteiger partial charge in [0.05, 0.1) is 34.7 Å². The van der Waals surface area contributed by atoms with E-state index in [1.165, 1.54) is 9.80 Å². The highest BCUT2D eigenvalue weighted by Crippen LogP contribution is 2.63. The Balaban J connectivity index is 1.20. The zero-order valence-corrected chi connectivity index (χ0v) is 31.5. The molecule has 6 unspecified atom stereocenters. The number of likely N-dealkylation sites (tertiary alicyclic amines) is 1. The molecule has 2 N–H and O–H groups in total. The number of allylic oxidation sites excluding steroid dienone is 2. The summed E-state index contributed by atoms with van der Waals surface area (Å²) in [6, 6.07) is 14.7. The van der Waals surface area contributed by atoms with Crippen LogP contribution in [0.1, 0.15) is 49.7 Å². The smallest absolute Gasteiger partial charge is 0.303 e. The van der Waals surface area contributed by atoms with E-state index < -0.39 is 41.0 Å². The number of carbonyl (C=O) groups excluding carboxylic acids is 4. The van der Waals surface area contributed by atoms with Crippen molar-refractivity contribution in [1.29, 1.82) is 0 Å². The van der Waals surface area contributed by atoms with Crippen LogP contribution in [0, 0.1) is 36.0 Å². The van der Waals surface area contributed by atoms with Gasteiger partial charge in [-0.15, -0.1) is 11.3 Å². The van der Waals surface area contributed by atoms with Crippen molar-refractivity contribution in [2.24, 2.45) is 36.1 Å². The first kappa shape index (κ1) is 36.1. The molecule has 0 bridgehead atoms. The van der Waals surface area contributed by atoms with Crippen molar-refractivity contribution in [2.45, 2.75) is 45.4 Å². The minimum Gasteiger partial charge on any atom is -0.491 e. The molecule has 0 radical (unpaired) electrons. The quantitative estimate of drug-likeness (QED) is 0.152. The number of benzene rings is 2. The molecule has 12 nitrogen and oxygen atoms in total. The lowest BCUT2D eigenvalue weighted by molar-refractivity contribution is -0.142. The number of carboxylic acids is 1. The van der Waals surface area contributed by atoms with Gasteiger partial charge in [-0.25, -0.2) is 4.90 Å². The average Bonchev–Trinajstić information content (AvgIpc) is 3.81. The topological polar surface area (TPSA) is 159 Å². The zero-order chi connectivity index (χ0) is 38.2. The fraction of sp³-hybridized carbons (Fsp3) is 0.400. The van der Waals surface area contributed by atoms with Gasteiger partial charge in [0.15, 0.2) is 0 Å². The summed E-state index contributed by atoms with van der Waals surface area (Å²) in [6.07, 6.45) is 2.45. The number of aryl methyl sites for hydroxylation is 2. The SMILES string of the molecule is Cc1c(-c2cc(N3C(=O)C4CC5C(=CCC6C(=O)N(CCCC(=O)O)C(=O)C65)C(c5ccc(OCCO)cc5)C4(C)C3=O)n(C)n2)sc2ccc(Cl)cc12. The highest BCUT2D eigenvalue weighted by molar-refractivity contribution is 7.22. The largest absolute Gasteiger partial charge is 0.491 e. The predicted octanol–water partition coefficient (Wildman–Crippen LogP) is 5.73. The van der Waals surface area contributed by atoms with Crippen molar-refractivity contribution in [3.05, 3.63) is 76.3 Å². The van der Waals surface area contributed by atoms with Gasteiger partial charge < -0.3 is 14.9 Å². The van der Waals surface area contributed by atoms with Gasteiger partial charge in [0.1, 0.15) is 23.9 Å². The van der Waals surface area contributed by atoms with Crippen molar-refractivity contribution in [2.75, 3.05) is 24.7 Å². The monoisotopic (exact) mass is 770 g/mol. The Hall–Kier alpha value is -4.85. The van der Waals surface area contributed by atoms with Gasteiger partial charge in [0.25, 0.3) is 0 Å². The molecule has 8 rings (SSSR count). The highest BCUT2D eigenvalue weighted by Gasteiger charge is 2.68. The number of aliphatic carboxylic acids is 1. The van der Waals surface area contributed by atoms with Crippen molar-refractivity contribution in [3.8, 4) is 16.3 Å². The van der Waals surface area contributed by atoms with E-state index in [1.54, 1.807) is 41.3 Å². The van der Waals surface area contributed by atoms with Gasteiger partial charge in [-0.1, -0.05) is 35.4 Å². The fourth-order valence-corrected chi connectivity index (χ4v) is 10.7. The van der Waals surface area contributed by atoms with Crippen LogP contribution < -0.4 is 9.64 Å². The third-order valence-electron chi connectivity index (χ3n) is 11.9.